The monoisotopic (exact) mass is 444 g/mol. The minimum atomic E-state index is -0.217. The van der Waals surface area contributed by atoms with Crippen LogP contribution in [0.2, 0.25) is 0 Å². The Morgan fingerprint density at radius 2 is 1.67 bits per heavy atom. The Labute approximate surface area is 191 Å². The van der Waals surface area contributed by atoms with Crippen LogP contribution in [-0.2, 0) is 4.79 Å². The van der Waals surface area contributed by atoms with E-state index in [1.54, 1.807) is 60.9 Å². The fourth-order valence-electron chi connectivity index (χ4n) is 3.41. The van der Waals surface area contributed by atoms with E-state index >= 15 is 0 Å². The van der Waals surface area contributed by atoms with Crippen molar-refractivity contribution in [3.8, 4) is 5.75 Å². The molecule has 9 heteroatoms. The summed E-state index contributed by atoms with van der Waals surface area (Å²) in [6.07, 6.45) is 7.78. The van der Waals surface area contributed by atoms with Crippen LogP contribution in [-0.4, -0.2) is 64.8 Å². The Morgan fingerprint density at radius 3 is 2.30 bits per heavy atom. The number of nitrogens with zero attached hydrogens (tertiary/aromatic N) is 5. The van der Waals surface area contributed by atoms with Crippen LogP contribution in [0, 0.1) is 0 Å². The van der Waals surface area contributed by atoms with Gasteiger partial charge >= 0.3 is 0 Å². The van der Waals surface area contributed by atoms with Crippen LogP contribution in [0.4, 0.5) is 17.5 Å². The van der Waals surface area contributed by atoms with Crippen LogP contribution in [0.1, 0.15) is 10.4 Å². The lowest BCUT2D eigenvalue weighted by atomic mass is 10.1. The zero-order valence-corrected chi connectivity index (χ0v) is 18.2. The van der Waals surface area contributed by atoms with Gasteiger partial charge in [0.15, 0.2) is 5.78 Å². The average Bonchev–Trinajstić information content (AvgIpc) is 2.88. The number of aromatic nitrogens is 3. The molecule has 33 heavy (non-hydrogen) atoms. The van der Waals surface area contributed by atoms with Gasteiger partial charge in [0.25, 0.3) is 0 Å². The standard InChI is InChI=1S/C24H24N6O3/c1-33-20-6-3-18(4-7-20)21(31)8-10-23(32)30-15-13-29(14-16-30)19-5-9-22(27-17-19)28-24-25-11-2-12-26-24/h2-12,17H,13-16H2,1H3,(H,25,26,27,28)/b10-8+. The summed E-state index contributed by atoms with van der Waals surface area (Å²) in [6.45, 7) is 2.50. The lowest BCUT2D eigenvalue weighted by Gasteiger charge is -2.35. The van der Waals surface area contributed by atoms with Crippen LogP contribution in [0.25, 0.3) is 0 Å². The molecule has 0 bridgehead atoms. The van der Waals surface area contributed by atoms with Crippen molar-refractivity contribution in [1.29, 1.82) is 0 Å². The summed E-state index contributed by atoms with van der Waals surface area (Å²) in [6, 6.07) is 12.4. The van der Waals surface area contributed by atoms with Gasteiger partial charge in [0.2, 0.25) is 11.9 Å². The Kier molecular flexibility index (Phi) is 6.89. The van der Waals surface area contributed by atoms with Gasteiger partial charge in [0, 0.05) is 50.2 Å². The summed E-state index contributed by atoms with van der Waals surface area (Å²) < 4.78 is 5.09. The molecule has 1 saturated heterocycles. The molecule has 168 valence electrons. The number of allylic oxidation sites excluding steroid dienone is 1. The number of benzene rings is 1. The lowest BCUT2D eigenvalue weighted by molar-refractivity contribution is -0.126. The van der Waals surface area contributed by atoms with Gasteiger partial charge in [-0.25, -0.2) is 15.0 Å². The number of piperazine rings is 1. The minimum absolute atomic E-state index is 0.169. The van der Waals surface area contributed by atoms with E-state index in [1.165, 1.54) is 12.2 Å². The number of rotatable bonds is 7. The maximum absolute atomic E-state index is 12.5. The lowest BCUT2D eigenvalue weighted by Crippen LogP contribution is -2.48. The summed E-state index contributed by atoms with van der Waals surface area (Å²) in [5.74, 6) is 1.44. The zero-order valence-electron chi connectivity index (χ0n) is 18.2. The number of nitrogens with one attached hydrogen (secondary N) is 1. The van der Waals surface area contributed by atoms with Gasteiger partial charge in [-0.05, 0) is 48.5 Å². The first-order chi connectivity index (χ1) is 16.1. The molecule has 2 aromatic heterocycles. The van der Waals surface area contributed by atoms with E-state index in [0.717, 1.165) is 5.69 Å². The second-order valence-corrected chi connectivity index (χ2v) is 7.34. The number of hydrogen-bond donors (Lipinski definition) is 1. The molecule has 1 fully saturated rings. The van der Waals surface area contributed by atoms with Gasteiger partial charge in [-0.15, -0.1) is 0 Å². The highest BCUT2D eigenvalue weighted by atomic mass is 16.5. The number of ketones is 1. The Morgan fingerprint density at radius 1 is 0.939 bits per heavy atom. The van der Waals surface area contributed by atoms with Crippen molar-refractivity contribution in [1.82, 2.24) is 19.9 Å². The maximum atomic E-state index is 12.5. The first-order valence-electron chi connectivity index (χ1n) is 10.5. The van der Waals surface area contributed by atoms with E-state index < -0.39 is 0 Å². The van der Waals surface area contributed by atoms with Gasteiger partial charge in [-0.2, -0.15) is 0 Å². The molecule has 4 rings (SSSR count). The highest BCUT2D eigenvalue weighted by Gasteiger charge is 2.20. The van der Waals surface area contributed by atoms with Crippen LogP contribution >= 0.6 is 0 Å². The molecular weight excluding hydrogens is 420 g/mol. The van der Waals surface area contributed by atoms with E-state index in [1.807, 2.05) is 12.1 Å². The summed E-state index contributed by atoms with van der Waals surface area (Å²) in [4.78, 5) is 41.4. The molecule has 0 spiro atoms. The Bertz CT molecular complexity index is 1110. The van der Waals surface area contributed by atoms with Crippen LogP contribution in [0.15, 0.2) is 73.2 Å². The van der Waals surface area contributed by atoms with Gasteiger partial charge in [-0.1, -0.05) is 0 Å². The third kappa shape index (κ3) is 5.70. The van der Waals surface area contributed by atoms with Crippen molar-refractivity contribution in [2.75, 3.05) is 43.5 Å². The second-order valence-electron chi connectivity index (χ2n) is 7.34. The molecule has 1 aliphatic heterocycles. The third-order valence-corrected chi connectivity index (χ3v) is 5.26. The van der Waals surface area contributed by atoms with Gasteiger partial charge in [-0.3, -0.25) is 9.59 Å². The smallest absolute Gasteiger partial charge is 0.246 e. The van der Waals surface area contributed by atoms with Crippen molar-refractivity contribution >= 4 is 29.1 Å². The average molecular weight is 444 g/mol. The Hall–Kier alpha value is -4.27. The van der Waals surface area contributed by atoms with Crippen molar-refractivity contribution in [2.24, 2.45) is 0 Å². The van der Waals surface area contributed by atoms with Crippen LogP contribution in [0.3, 0.4) is 0 Å². The maximum Gasteiger partial charge on any atom is 0.246 e. The number of carbonyl (C=O) groups excluding carboxylic acids is 2. The molecule has 0 saturated carbocycles. The van der Waals surface area contributed by atoms with E-state index in [0.29, 0.717) is 49.3 Å². The van der Waals surface area contributed by atoms with Gasteiger partial charge in [0.05, 0.1) is 19.0 Å². The largest absolute Gasteiger partial charge is 0.497 e. The first kappa shape index (κ1) is 21.9. The molecule has 9 nitrogen and oxygen atoms in total. The van der Waals surface area contributed by atoms with Crippen LogP contribution < -0.4 is 15.0 Å². The van der Waals surface area contributed by atoms with Crippen molar-refractivity contribution < 1.29 is 14.3 Å². The summed E-state index contributed by atoms with van der Waals surface area (Å²) >= 11 is 0. The fraction of sp³-hybridized carbons (Fsp3) is 0.208. The molecular formula is C24H24N6O3. The van der Waals surface area contributed by atoms with E-state index in [2.05, 4.69) is 25.2 Å². The number of ether oxygens (including phenoxy) is 1. The van der Waals surface area contributed by atoms with Crippen molar-refractivity contribution in [2.45, 2.75) is 0 Å². The van der Waals surface area contributed by atoms with Gasteiger partial charge < -0.3 is 19.9 Å². The second kappa shape index (κ2) is 10.4. The predicted molar refractivity (Wildman–Crippen MR) is 125 cm³/mol. The molecule has 3 heterocycles. The molecule has 0 radical (unpaired) electrons. The van der Waals surface area contributed by atoms with E-state index in [4.69, 9.17) is 4.74 Å². The number of amides is 1. The van der Waals surface area contributed by atoms with Crippen molar-refractivity contribution in [3.63, 3.8) is 0 Å². The van der Waals surface area contributed by atoms with E-state index in [-0.39, 0.29) is 11.7 Å². The molecule has 1 aromatic carbocycles. The normalized spacial score (nSPS) is 13.7. The number of methoxy groups -OCH3 is 1. The number of carbonyl (C=O) groups is 2. The fourth-order valence-corrected chi connectivity index (χ4v) is 3.41. The summed E-state index contributed by atoms with van der Waals surface area (Å²) in [7, 11) is 1.57. The quantitative estimate of drug-likeness (QED) is 0.439. The van der Waals surface area contributed by atoms with Gasteiger partial charge in [0.1, 0.15) is 11.6 Å². The molecule has 1 N–H and O–H groups in total. The topological polar surface area (TPSA) is 101 Å². The van der Waals surface area contributed by atoms with Crippen molar-refractivity contribution in [3.05, 3.63) is 78.8 Å². The third-order valence-electron chi connectivity index (χ3n) is 5.26. The Balaban J connectivity index is 1.27. The SMILES string of the molecule is COc1ccc(C(=O)/C=C/C(=O)N2CCN(c3ccc(Nc4ncccn4)nc3)CC2)cc1. The molecule has 0 atom stereocenters. The molecule has 1 aliphatic rings. The number of anilines is 3. The first-order valence-corrected chi connectivity index (χ1v) is 10.5. The summed E-state index contributed by atoms with van der Waals surface area (Å²) in [5.41, 5.74) is 1.49. The summed E-state index contributed by atoms with van der Waals surface area (Å²) in [5, 5.41) is 3.05. The zero-order chi connectivity index (χ0) is 23.0. The predicted octanol–water partition coefficient (Wildman–Crippen LogP) is 2.71. The molecule has 3 aromatic rings. The number of pyridine rings is 1. The molecule has 1 amide bonds. The highest BCUT2D eigenvalue weighted by molar-refractivity contribution is 6.07. The molecule has 0 aliphatic carbocycles. The van der Waals surface area contributed by atoms with Crippen LogP contribution in [0.5, 0.6) is 5.75 Å². The minimum Gasteiger partial charge on any atom is -0.497 e. The highest BCUT2D eigenvalue weighted by Crippen LogP contribution is 2.19. The number of hydrogen-bond acceptors (Lipinski definition) is 8. The molecule has 0 unspecified atom stereocenters. The van der Waals surface area contributed by atoms with E-state index in [9.17, 15) is 9.59 Å².